The van der Waals surface area contributed by atoms with Gasteiger partial charge in [0, 0.05) is 17.0 Å². The number of rotatable bonds is 4. The molecule has 0 unspecified atom stereocenters. The minimum absolute atomic E-state index is 0.300. The van der Waals surface area contributed by atoms with Crippen molar-refractivity contribution in [2.24, 2.45) is 0 Å². The standard InChI is InChI=1S/C20H12F3N3O2S/c21-12-3-1-11(2-4-12)14-9-29-19-18(14)20(28)26(10-24-19)8-17(27)25-16-7-13(22)5-6-15(16)23/h1-7,9-10H,8H2,(H,25,27). The van der Waals surface area contributed by atoms with E-state index >= 15 is 0 Å². The van der Waals surface area contributed by atoms with Gasteiger partial charge in [-0.2, -0.15) is 0 Å². The Labute approximate surface area is 166 Å². The third-order valence-electron chi connectivity index (χ3n) is 4.23. The molecule has 0 saturated heterocycles. The number of halogens is 3. The molecule has 0 aliphatic rings. The topological polar surface area (TPSA) is 64.0 Å². The fourth-order valence-corrected chi connectivity index (χ4v) is 3.77. The van der Waals surface area contributed by atoms with Crippen LogP contribution in [-0.4, -0.2) is 15.5 Å². The summed E-state index contributed by atoms with van der Waals surface area (Å²) >= 11 is 1.25. The zero-order valence-corrected chi connectivity index (χ0v) is 15.5. The van der Waals surface area contributed by atoms with Gasteiger partial charge >= 0.3 is 0 Å². The molecule has 2 aromatic heterocycles. The molecule has 1 amide bonds. The van der Waals surface area contributed by atoms with E-state index in [-0.39, 0.29) is 5.69 Å². The number of amides is 1. The van der Waals surface area contributed by atoms with Gasteiger partial charge < -0.3 is 5.32 Å². The van der Waals surface area contributed by atoms with Crippen LogP contribution in [0.15, 0.2) is 59.0 Å². The normalized spacial score (nSPS) is 11.0. The minimum Gasteiger partial charge on any atom is -0.322 e. The van der Waals surface area contributed by atoms with Crippen LogP contribution in [0.1, 0.15) is 0 Å². The molecule has 9 heteroatoms. The molecule has 0 saturated carbocycles. The summed E-state index contributed by atoms with van der Waals surface area (Å²) < 4.78 is 41.2. The quantitative estimate of drug-likeness (QED) is 0.544. The van der Waals surface area contributed by atoms with Gasteiger partial charge in [-0.1, -0.05) is 12.1 Å². The van der Waals surface area contributed by atoms with Gasteiger partial charge in [0.2, 0.25) is 5.91 Å². The molecule has 4 aromatic rings. The predicted molar refractivity (Wildman–Crippen MR) is 104 cm³/mol. The Hall–Kier alpha value is -3.46. The summed E-state index contributed by atoms with van der Waals surface area (Å²) in [4.78, 5) is 29.8. The van der Waals surface area contributed by atoms with Gasteiger partial charge in [0.15, 0.2) is 0 Å². The van der Waals surface area contributed by atoms with Crippen molar-refractivity contribution in [3.05, 3.63) is 82.0 Å². The maximum atomic E-state index is 13.7. The fraction of sp³-hybridized carbons (Fsp3) is 0.0500. The molecule has 2 aromatic carbocycles. The van der Waals surface area contributed by atoms with E-state index in [0.717, 1.165) is 22.8 Å². The second kappa shape index (κ2) is 7.51. The zero-order chi connectivity index (χ0) is 20.5. The van der Waals surface area contributed by atoms with Crippen LogP contribution in [0.5, 0.6) is 0 Å². The molecule has 0 fully saturated rings. The van der Waals surface area contributed by atoms with E-state index < -0.39 is 35.5 Å². The van der Waals surface area contributed by atoms with Crippen LogP contribution in [0, 0.1) is 17.5 Å². The lowest BCUT2D eigenvalue weighted by atomic mass is 10.1. The van der Waals surface area contributed by atoms with Gasteiger partial charge in [-0.25, -0.2) is 18.2 Å². The van der Waals surface area contributed by atoms with E-state index in [4.69, 9.17) is 0 Å². The molecule has 0 bridgehead atoms. The van der Waals surface area contributed by atoms with E-state index in [1.54, 1.807) is 17.5 Å². The highest BCUT2D eigenvalue weighted by Gasteiger charge is 2.15. The number of thiophene rings is 1. The van der Waals surface area contributed by atoms with Crippen LogP contribution < -0.4 is 10.9 Å². The lowest BCUT2D eigenvalue weighted by Crippen LogP contribution is -2.28. The number of benzene rings is 2. The second-order valence-electron chi connectivity index (χ2n) is 6.19. The SMILES string of the molecule is O=C(Cn1cnc2scc(-c3ccc(F)cc3)c2c1=O)Nc1cc(F)ccc1F. The van der Waals surface area contributed by atoms with Gasteiger partial charge in [-0.15, -0.1) is 11.3 Å². The predicted octanol–water partition coefficient (Wildman–Crippen LogP) is 4.18. The Kier molecular flexibility index (Phi) is 4.89. The van der Waals surface area contributed by atoms with Gasteiger partial charge in [-0.3, -0.25) is 14.2 Å². The monoisotopic (exact) mass is 415 g/mol. The smallest absolute Gasteiger partial charge is 0.263 e. The number of anilines is 1. The first-order chi connectivity index (χ1) is 13.9. The van der Waals surface area contributed by atoms with Gasteiger partial charge in [0.05, 0.1) is 17.4 Å². The van der Waals surface area contributed by atoms with Crippen molar-refractivity contribution in [3.8, 4) is 11.1 Å². The molecular weight excluding hydrogens is 403 g/mol. The Morgan fingerprint density at radius 2 is 1.79 bits per heavy atom. The van der Waals surface area contributed by atoms with Crippen molar-refractivity contribution in [2.45, 2.75) is 6.54 Å². The minimum atomic E-state index is -0.794. The van der Waals surface area contributed by atoms with Gasteiger partial charge in [0.1, 0.15) is 28.8 Å². The third-order valence-corrected chi connectivity index (χ3v) is 5.12. The first-order valence-corrected chi connectivity index (χ1v) is 9.28. The highest BCUT2D eigenvalue weighted by atomic mass is 32.1. The zero-order valence-electron chi connectivity index (χ0n) is 14.7. The van der Waals surface area contributed by atoms with Gasteiger partial charge in [-0.05, 0) is 29.8 Å². The average molecular weight is 415 g/mol. The summed E-state index contributed by atoms with van der Waals surface area (Å²) in [6, 6.07) is 8.35. The van der Waals surface area contributed by atoms with Crippen molar-refractivity contribution >= 4 is 33.1 Å². The Bertz CT molecular complexity index is 1280. The summed E-state index contributed by atoms with van der Waals surface area (Å²) in [5.41, 5.74) is 0.430. The highest BCUT2D eigenvalue weighted by molar-refractivity contribution is 7.17. The largest absolute Gasteiger partial charge is 0.322 e. The first kappa shape index (κ1) is 18.9. The Balaban J connectivity index is 1.66. The lowest BCUT2D eigenvalue weighted by molar-refractivity contribution is -0.116. The highest BCUT2D eigenvalue weighted by Crippen LogP contribution is 2.30. The molecule has 29 heavy (non-hydrogen) atoms. The molecule has 0 aliphatic carbocycles. The Morgan fingerprint density at radius 3 is 2.55 bits per heavy atom. The van der Waals surface area contributed by atoms with Crippen LogP contribution in [-0.2, 0) is 11.3 Å². The molecule has 2 heterocycles. The van der Waals surface area contributed by atoms with E-state index in [9.17, 15) is 22.8 Å². The van der Waals surface area contributed by atoms with Crippen molar-refractivity contribution < 1.29 is 18.0 Å². The number of aromatic nitrogens is 2. The molecule has 0 atom stereocenters. The number of fused-ring (bicyclic) bond motifs is 1. The van der Waals surface area contributed by atoms with Crippen LogP contribution in [0.2, 0.25) is 0 Å². The Morgan fingerprint density at radius 1 is 1.07 bits per heavy atom. The summed E-state index contributed by atoms with van der Waals surface area (Å²) in [7, 11) is 0. The molecule has 146 valence electrons. The number of carbonyl (C=O) groups is 1. The van der Waals surface area contributed by atoms with Crippen molar-refractivity contribution in [3.63, 3.8) is 0 Å². The second-order valence-corrected chi connectivity index (χ2v) is 7.04. The van der Waals surface area contributed by atoms with E-state index in [1.807, 2.05) is 0 Å². The molecule has 4 rings (SSSR count). The van der Waals surface area contributed by atoms with Crippen LogP contribution in [0.25, 0.3) is 21.3 Å². The van der Waals surface area contributed by atoms with Crippen LogP contribution in [0.4, 0.5) is 18.9 Å². The molecule has 0 radical (unpaired) electrons. The fourth-order valence-electron chi connectivity index (χ4n) is 2.86. The molecule has 5 nitrogen and oxygen atoms in total. The molecular formula is C20H12F3N3O2S. The van der Waals surface area contributed by atoms with Crippen LogP contribution in [0.3, 0.4) is 0 Å². The van der Waals surface area contributed by atoms with Crippen molar-refractivity contribution in [2.75, 3.05) is 5.32 Å². The van der Waals surface area contributed by atoms with Crippen molar-refractivity contribution in [1.82, 2.24) is 9.55 Å². The average Bonchev–Trinajstić information content (AvgIpc) is 3.12. The number of hydrogen-bond donors (Lipinski definition) is 1. The summed E-state index contributed by atoms with van der Waals surface area (Å²) in [6.07, 6.45) is 1.22. The van der Waals surface area contributed by atoms with E-state index in [0.29, 0.717) is 21.3 Å². The summed E-state index contributed by atoms with van der Waals surface area (Å²) in [6.45, 7) is -0.434. The number of hydrogen-bond acceptors (Lipinski definition) is 4. The maximum Gasteiger partial charge on any atom is 0.263 e. The van der Waals surface area contributed by atoms with Crippen molar-refractivity contribution in [1.29, 1.82) is 0 Å². The number of nitrogens with one attached hydrogen (secondary N) is 1. The number of nitrogens with zero attached hydrogens (tertiary/aromatic N) is 2. The van der Waals surface area contributed by atoms with E-state index in [1.165, 1.54) is 29.8 Å². The summed E-state index contributed by atoms with van der Waals surface area (Å²) in [5.74, 6) is -2.61. The maximum absolute atomic E-state index is 13.7. The first-order valence-electron chi connectivity index (χ1n) is 8.40. The van der Waals surface area contributed by atoms with Gasteiger partial charge in [0.25, 0.3) is 5.56 Å². The van der Waals surface area contributed by atoms with E-state index in [2.05, 4.69) is 10.3 Å². The summed E-state index contributed by atoms with van der Waals surface area (Å²) in [5, 5.41) is 4.28. The lowest BCUT2D eigenvalue weighted by Gasteiger charge is -2.08. The van der Waals surface area contributed by atoms with Crippen LogP contribution >= 0.6 is 11.3 Å². The third kappa shape index (κ3) is 3.77. The number of carbonyl (C=O) groups excluding carboxylic acids is 1. The molecule has 0 spiro atoms. The molecule has 1 N–H and O–H groups in total. The molecule has 0 aliphatic heterocycles.